The van der Waals surface area contributed by atoms with Gasteiger partial charge in [0, 0.05) is 43.7 Å². The summed E-state index contributed by atoms with van der Waals surface area (Å²) < 4.78 is 2.17. The van der Waals surface area contributed by atoms with Crippen molar-refractivity contribution in [2.45, 2.75) is 44.7 Å². The highest BCUT2D eigenvalue weighted by molar-refractivity contribution is 5.79. The summed E-state index contributed by atoms with van der Waals surface area (Å²) in [7, 11) is 0. The van der Waals surface area contributed by atoms with E-state index in [9.17, 15) is 10.1 Å². The predicted octanol–water partition coefficient (Wildman–Crippen LogP) is 3.89. The van der Waals surface area contributed by atoms with Crippen molar-refractivity contribution in [1.29, 1.82) is 10.5 Å². The minimum Gasteiger partial charge on any atom is -0.346 e. The van der Waals surface area contributed by atoms with Crippen LogP contribution in [0.15, 0.2) is 43.0 Å². The molecule has 0 radical (unpaired) electrons. The minimum absolute atomic E-state index is 0.0348. The van der Waals surface area contributed by atoms with Crippen LogP contribution in [-0.4, -0.2) is 32.1 Å². The lowest BCUT2D eigenvalue weighted by atomic mass is 9.81. The van der Waals surface area contributed by atoms with Crippen molar-refractivity contribution in [1.82, 2.24) is 19.6 Å². The van der Waals surface area contributed by atoms with Crippen molar-refractivity contribution in [2.24, 2.45) is 11.8 Å². The Labute approximate surface area is 192 Å². The first-order valence-electron chi connectivity index (χ1n) is 11.3. The van der Waals surface area contributed by atoms with Crippen LogP contribution in [0.3, 0.4) is 0 Å². The van der Waals surface area contributed by atoms with Gasteiger partial charge in [-0.1, -0.05) is 0 Å². The van der Waals surface area contributed by atoms with Crippen LogP contribution < -0.4 is 0 Å². The fourth-order valence-electron chi connectivity index (χ4n) is 5.02. The van der Waals surface area contributed by atoms with Gasteiger partial charge < -0.3 is 4.57 Å². The van der Waals surface area contributed by atoms with E-state index in [0.29, 0.717) is 30.1 Å². The lowest BCUT2D eigenvalue weighted by Gasteiger charge is -2.32. The van der Waals surface area contributed by atoms with Crippen LogP contribution in [-0.2, 0) is 16.2 Å². The lowest BCUT2D eigenvalue weighted by Crippen LogP contribution is -2.37. The van der Waals surface area contributed by atoms with Gasteiger partial charge in [-0.2, -0.15) is 10.5 Å². The summed E-state index contributed by atoms with van der Waals surface area (Å²) in [4.78, 5) is 27.5. The molecule has 3 aromatic heterocycles. The van der Waals surface area contributed by atoms with Crippen LogP contribution in [0.1, 0.15) is 54.8 Å². The molecule has 1 aliphatic heterocycles. The number of amides is 1. The van der Waals surface area contributed by atoms with E-state index in [1.165, 1.54) is 11.3 Å². The number of carbonyl (C=O) groups is 1. The zero-order valence-corrected chi connectivity index (χ0v) is 18.2. The second-order valence-electron chi connectivity index (χ2n) is 8.85. The molecule has 2 aliphatic rings. The number of fused-ring (bicyclic) bond motifs is 1. The van der Waals surface area contributed by atoms with E-state index in [4.69, 9.17) is 10.1 Å². The molecule has 4 heterocycles. The second-order valence-corrected chi connectivity index (χ2v) is 8.85. The highest BCUT2D eigenvalue weighted by Gasteiger charge is 2.37. The lowest BCUT2D eigenvalue weighted by molar-refractivity contribution is -0.183. The molecule has 166 valence electrons. The number of carbonyl (C=O) groups excluding carboxylic acids is 1. The second kappa shape index (κ2) is 9.01. The molecule has 0 bridgehead atoms. The SMILES string of the molecule is N#Cc1cncc([C@@H]2CCON2C(=O)C2CCC(Cn3ccc4ncc(C#N)cc43)CC2)c1. The van der Waals surface area contributed by atoms with Gasteiger partial charge in [0.05, 0.1) is 34.8 Å². The first-order chi connectivity index (χ1) is 16.2. The van der Waals surface area contributed by atoms with E-state index in [-0.39, 0.29) is 17.9 Å². The third kappa shape index (κ3) is 4.18. The van der Waals surface area contributed by atoms with Gasteiger partial charge in [-0.15, -0.1) is 0 Å². The summed E-state index contributed by atoms with van der Waals surface area (Å²) in [6.45, 7) is 1.35. The van der Waals surface area contributed by atoms with Crippen molar-refractivity contribution >= 4 is 16.9 Å². The minimum atomic E-state index is -0.191. The van der Waals surface area contributed by atoms with Crippen molar-refractivity contribution in [2.75, 3.05) is 6.61 Å². The number of nitriles is 2. The monoisotopic (exact) mass is 440 g/mol. The first kappa shape index (κ1) is 21.1. The Morgan fingerprint density at radius 2 is 1.85 bits per heavy atom. The van der Waals surface area contributed by atoms with E-state index in [0.717, 1.165) is 48.8 Å². The van der Waals surface area contributed by atoms with E-state index in [2.05, 4.69) is 26.7 Å². The predicted molar refractivity (Wildman–Crippen MR) is 119 cm³/mol. The molecule has 0 aromatic carbocycles. The summed E-state index contributed by atoms with van der Waals surface area (Å²) in [6.07, 6.45) is 11.2. The summed E-state index contributed by atoms with van der Waals surface area (Å²) in [5.74, 6) is 0.456. The maximum absolute atomic E-state index is 13.3. The van der Waals surface area contributed by atoms with Gasteiger partial charge in [-0.25, -0.2) is 5.06 Å². The average molecular weight is 441 g/mol. The zero-order valence-electron chi connectivity index (χ0n) is 18.2. The largest absolute Gasteiger partial charge is 0.346 e. The van der Waals surface area contributed by atoms with Crippen LogP contribution in [0.25, 0.3) is 11.0 Å². The smallest absolute Gasteiger partial charge is 0.249 e. The van der Waals surface area contributed by atoms with Gasteiger partial charge in [0.2, 0.25) is 5.91 Å². The zero-order chi connectivity index (χ0) is 22.8. The molecule has 1 saturated carbocycles. The van der Waals surface area contributed by atoms with Gasteiger partial charge in [0.25, 0.3) is 0 Å². The van der Waals surface area contributed by atoms with Crippen LogP contribution in [0.4, 0.5) is 0 Å². The molecule has 1 saturated heterocycles. The molecule has 2 fully saturated rings. The molecule has 33 heavy (non-hydrogen) atoms. The number of hydroxylamine groups is 2. The van der Waals surface area contributed by atoms with Gasteiger partial charge in [-0.3, -0.25) is 19.6 Å². The number of rotatable bonds is 4. The number of nitrogens with zero attached hydrogens (tertiary/aromatic N) is 6. The molecule has 8 heteroatoms. The molecule has 8 nitrogen and oxygen atoms in total. The molecule has 0 spiro atoms. The Hall–Kier alpha value is -3.75. The van der Waals surface area contributed by atoms with Crippen LogP contribution in [0, 0.1) is 34.5 Å². The molecule has 5 rings (SSSR count). The number of aromatic nitrogens is 3. The van der Waals surface area contributed by atoms with Crippen LogP contribution in [0.5, 0.6) is 0 Å². The molecule has 0 N–H and O–H groups in total. The number of hydrogen-bond acceptors (Lipinski definition) is 6. The first-order valence-corrected chi connectivity index (χ1v) is 11.3. The summed E-state index contributed by atoms with van der Waals surface area (Å²) in [5.41, 5.74) is 3.77. The normalized spacial score (nSPS) is 22.7. The fraction of sp³-hybridized carbons (Fsp3) is 0.400. The molecule has 3 aromatic rings. The van der Waals surface area contributed by atoms with Gasteiger partial charge in [0.1, 0.15) is 12.1 Å². The summed E-state index contributed by atoms with van der Waals surface area (Å²) in [5, 5.41) is 19.9. The van der Waals surface area contributed by atoms with Crippen LogP contribution in [0.2, 0.25) is 0 Å². The third-order valence-corrected chi connectivity index (χ3v) is 6.79. The van der Waals surface area contributed by atoms with Gasteiger partial charge in [-0.05, 0) is 55.4 Å². The topological polar surface area (TPSA) is 108 Å². The summed E-state index contributed by atoms with van der Waals surface area (Å²) >= 11 is 0. The fourth-order valence-corrected chi connectivity index (χ4v) is 5.02. The van der Waals surface area contributed by atoms with Crippen molar-refractivity contribution in [3.8, 4) is 12.1 Å². The standard InChI is InChI=1S/C25H24N6O2/c26-11-18-9-21(15-28-13-18)23-6-8-33-31(23)25(32)20-3-1-17(2-4-20)16-30-7-5-22-24(30)10-19(12-27)14-29-22/h5,7,9-10,13-15,17,20,23H,1-4,6,8,16H2/t17?,20?,23-/m0/s1. The third-order valence-electron chi connectivity index (χ3n) is 6.79. The van der Waals surface area contributed by atoms with E-state index in [1.807, 2.05) is 18.3 Å². The maximum atomic E-state index is 13.3. The highest BCUT2D eigenvalue weighted by atomic mass is 16.7. The van der Waals surface area contributed by atoms with Crippen molar-refractivity contribution in [3.63, 3.8) is 0 Å². The Balaban J connectivity index is 1.22. The molecular weight excluding hydrogens is 416 g/mol. The van der Waals surface area contributed by atoms with E-state index >= 15 is 0 Å². The maximum Gasteiger partial charge on any atom is 0.249 e. The highest BCUT2D eigenvalue weighted by Crippen LogP contribution is 2.37. The molecule has 1 amide bonds. The average Bonchev–Trinajstić information content (AvgIpc) is 3.51. The molecule has 1 atom stereocenters. The summed E-state index contributed by atoms with van der Waals surface area (Å²) in [6, 6.07) is 9.73. The Bertz CT molecular complexity index is 1260. The quantitative estimate of drug-likeness (QED) is 0.609. The molecule has 0 unspecified atom stereocenters. The number of hydrogen-bond donors (Lipinski definition) is 0. The van der Waals surface area contributed by atoms with E-state index in [1.54, 1.807) is 18.5 Å². The Morgan fingerprint density at radius 3 is 2.64 bits per heavy atom. The Kier molecular flexibility index (Phi) is 5.77. The van der Waals surface area contributed by atoms with Crippen molar-refractivity contribution in [3.05, 3.63) is 59.7 Å². The molecular formula is C25H24N6O2. The Morgan fingerprint density at radius 1 is 1.06 bits per heavy atom. The van der Waals surface area contributed by atoms with Crippen molar-refractivity contribution < 1.29 is 9.63 Å². The van der Waals surface area contributed by atoms with Gasteiger partial charge >= 0.3 is 0 Å². The number of pyridine rings is 2. The molecule has 1 aliphatic carbocycles. The van der Waals surface area contributed by atoms with E-state index < -0.39 is 0 Å². The van der Waals surface area contributed by atoms with Gasteiger partial charge in [0.15, 0.2) is 0 Å². The van der Waals surface area contributed by atoms with Crippen LogP contribution >= 0.6 is 0 Å².